The lowest BCUT2D eigenvalue weighted by molar-refractivity contribution is 0.0924. The van der Waals surface area contributed by atoms with Gasteiger partial charge in [-0.3, -0.25) is 9.48 Å². The monoisotopic (exact) mass is 329 g/mol. The van der Waals surface area contributed by atoms with Crippen LogP contribution in [0.2, 0.25) is 0 Å². The van der Waals surface area contributed by atoms with Gasteiger partial charge in [-0.05, 0) is 38.2 Å². The van der Waals surface area contributed by atoms with Gasteiger partial charge in [-0.2, -0.15) is 5.10 Å². The van der Waals surface area contributed by atoms with Gasteiger partial charge in [0.25, 0.3) is 5.91 Å². The van der Waals surface area contributed by atoms with E-state index < -0.39 is 0 Å². The number of halogens is 1. The van der Waals surface area contributed by atoms with Crippen LogP contribution in [0, 0.1) is 12.3 Å². The molecule has 108 valence electrons. The van der Waals surface area contributed by atoms with Gasteiger partial charge in [0.05, 0.1) is 5.69 Å². The smallest absolute Gasteiger partial charge is 0.269 e. The predicted octanol–water partition coefficient (Wildman–Crippen LogP) is 3.14. The minimum Gasteiger partial charge on any atom is -0.350 e. The lowest BCUT2D eigenvalue weighted by Crippen LogP contribution is -2.35. The molecule has 0 radical (unpaired) electrons. The van der Waals surface area contributed by atoms with E-state index in [1.54, 1.807) is 4.68 Å². The normalized spacial score (nSPS) is 11.6. The molecule has 0 aliphatic rings. The van der Waals surface area contributed by atoms with Gasteiger partial charge in [-0.25, -0.2) is 0 Å². The Balaban J connectivity index is 2.60. The van der Waals surface area contributed by atoms with Crippen LogP contribution in [0.4, 0.5) is 0 Å². The van der Waals surface area contributed by atoms with Crippen molar-refractivity contribution in [3.63, 3.8) is 0 Å². The molecule has 5 heteroatoms. The first-order valence-electron chi connectivity index (χ1n) is 6.78. The molecule has 0 fully saturated rings. The Hall–Kier alpha value is -0.840. The van der Waals surface area contributed by atoms with E-state index in [2.05, 4.69) is 40.2 Å². The number of carbonyl (C=O) groups is 1. The second-order valence-electron chi connectivity index (χ2n) is 5.63. The summed E-state index contributed by atoms with van der Waals surface area (Å²) in [5, 5.41) is 8.32. The molecule has 0 unspecified atom stereocenters. The van der Waals surface area contributed by atoms with Crippen molar-refractivity contribution in [1.29, 1.82) is 0 Å². The Morgan fingerprint density at radius 3 is 2.79 bits per heavy atom. The Labute approximate surface area is 124 Å². The van der Waals surface area contributed by atoms with Crippen molar-refractivity contribution < 1.29 is 4.79 Å². The zero-order valence-corrected chi connectivity index (χ0v) is 13.9. The Kier molecular flexibility index (Phi) is 6.04. The lowest BCUT2D eigenvalue weighted by Gasteiger charge is -2.24. The number of alkyl halides is 1. The Morgan fingerprint density at radius 1 is 1.53 bits per heavy atom. The van der Waals surface area contributed by atoms with Crippen LogP contribution in [0.3, 0.4) is 0 Å². The minimum atomic E-state index is -0.0330. The van der Waals surface area contributed by atoms with Crippen LogP contribution in [-0.2, 0) is 6.54 Å². The van der Waals surface area contributed by atoms with Gasteiger partial charge < -0.3 is 5.32 Å². The predicted molar refractivity (Wildman–Crippen MR) is 81.8 cm³/mol. The highest BCUT2D eigenvalue weighted by atomic mass is 79.9. The Bertz CT molecular complexity index is 426. The first-order chi connectivity index (χ1) is 8.89. The van der Waals surface area contributed by atoms with Gasteiger partial charge in [0.2, 0.25) is 0 Å². The van der Waals surface area contributed by atoms with Gasteiger partial charge in [0, 0.05) is 18.4 Å². The van der Waals surface area contributed by atoms with Crippen LogP contribution in [0.15, 0.2) is 6.07 Å². The zero-order chi connectivity index (χ0) is 14.5. The highest BCUT2D eigenvalue weighted by Gasteiger charge is 2.20. The molecule has 1 rings (SSSR count). The summed E-state index contributed by atoms with van der Waals surface area (Å²) in [7, 11) is 0. The first-order valence-corrected chi connectivity index (χ1v) is 7.90. The van der Waals surface area contributed by atoms with Crippen LogP contribution in [0.5, 0.6) is 0 Å². The third-order valence-electron chi connectivity index (χ3n) is 3.15. The third-order valence-corrected chi connectivity index (χ3v) is 3.71. The summed E-state index contributed by atoms with van der Waals surface area (Å²) in [5.41, 5.74) is 1.65. The maximum Gasteiger partial charge on any atom is 0.269 e. The van der Waals surface area contributed by atoms with Gasteiger partial charge in [-0.15, -0.1) is 0 Å². The van der Waals surface area contributed by atoms with E-state index in [1.165, 1.54) is 0 Å². The largest absolute Gasteiger partial charge is 0.350 e. The third kappa shape index (κ3) is 4.97. The maximum atomic E-state index is 12.2. The van der Waals surface area contributed by atoms with Crippen LogP contribution in [-0.4, -0.2) is 27.6 Å². The van der Waals surface area contributed by atoms with Crippen LogP contribution in [0.1, 0.15) is 49.8 Å². The number of hydrogen-bond acceptors (Lipinski definition) is 2. The van der Waals surface area contributed by atoms with Crippen molar-refractivity contribution in [2.75, 3.05) is 11.9 Å². The second-order valence-corrected chi connectivity index (χ2v) is 6.42. The second kappa shape index (κ2) is 7.08. The highest BCUT2D eigenvalue weighted by molar-refractivity contribution is 9.09. The molecule has 0 spiro atoms. The molecular weight excluding hydrogens is 306 g/mol. The van der Waals surface area contributed by atoms with E-state index in [0.717, 1.165) is 23.9 Å². The topological polar surface area (TPSA) is 46.9 Å². The first kappa shape index (κ1) is 16.2. The molecule has 0 saturated carbocycles. The van der Waals surface area contributed by atoms with E-state index in [4.69, 9.17) is 0 Å². The number of nitrogens with one attached hydrogen (secondary N) is 1. The van der Waals surface area contributed by atoms with Crippen molar-refractivity contribution in [2.45, 2.75) is 47.1 Å². The molecule has 0 saturated heterocycles. The number of nitrogens with zero attached hydrogens (tertiary/aromatic N) is 2. The molecule has 4 nitrogen and oxygen atoms in total. The molecule has 0 bridgehead atoms. The molecule has 1 amide bonds. The number of hydrogen-bond donors (Lipinski definition) is 1. The standard InChI is InChI=1S/C14H24BrN3O/c1-5-18-12(9-11(2)17-18)13(19)16-10-14(3,4)7-6-8-15/h9H,5-8,10H2,1-4H3,(H,16,19). The maximum absolute atomic E-state index is 12.2. The summed E-state index contributed by atoms with van der Waals surface area (Å²) in [6, 6.07) is 1.84. The fourth-order valence-corrected chi connectivity index (χ4v) is 2.29. The number of aromatic nitrogens is 2. The molecule has 0 aliphatic carbocycles. The van der Waals surface area contributed by atoms with Crippen molar-refractivity contribution in [3.05, 3.63) is 17.5 Å². The fourth-order valence-electron chi connectivity index (χ4n) is 2.01. The van der Waals surface area contributed by atoms with E-state index in [1.807, 2.05) is 19.9 Å². The van der Waals surface area contributed by atoms with Crippen LogP contribution < -0.4 is 5.32 Å². The lowest BCUT2D eigenvalue weighted by atomic mass is 9.88. The van der Waals surface area contributed by atoms with Crippen molar-refractivity contribution in [3.8, 4) is 0 Å². The molecule has 0 aliphatic heterocycles. The van der Waals surface area contributed by atoms with Crippen LogP contribution >= 0.6 is 15.9 Å². The summed E-state index contributed by atoms with van der Waals surface area (Å²) < 4.78 is 1.75. The summed E-state index contributed by atoms with van der Waals surface area (Å²) in [4.78, 5) is 12.2. The van der Waals surface area contributed by atoms with Crippen molar-refractivity contribution in [2.24, 2.45) is 5.41 Å². The quantitative estimate of drug-likeness (QED) is 0.781. The zero-order valence-electron chi connectivity index (χ0n) is 12.3. The molecule has 19 heavy (non-hydrogen) atoms. The molecule has 1 aromatic heterocycles. The number of carbonyl (C=O) groups excluding carboxylic acids is 1. The summed E-state index contributed by atoms with van der Waals surface area (Å²) in [6.07, 6.45) is 2.21. The SMILES string of the molecule is CCn1nc(C)cc1C(=O)NCC(C)(C)CCCBr. The summed E-state index contributed by atoms with van der Waals surface area (Å²) >= 11 is 3.44. The van der Waals surface area contributed by atoms with Crippen LogP contribution in [0.25, 0.3) is 0 Å². The minimum absolute atomic E-state index is 0.0330. The average Bonchev–Trinajstić information content (AvgIpc) is 2.75. The van der Waals surface area contributed by atoms with Crippen molar-refractivity contribution >= 4 is 21.8 Å². The molecule has 1 N–H and O–H groups in total. The number of amides is 1. The average molecular weight is 330 g/mol. The number of aryl methyl sites for hydroxylation is 2. The Morgan fingerprint density at radius 2 is 2.21 bits per heavy atom. The van der Waals surface area contributed by atoms with Gasteiger partial charge in [0.1, 0.15) is 5.69 Å². The van der Waals surface area contributed by atoms with Gasteiger partial charge in [0.15, 0.2) is 0 Å². The summed E-state index contributed by atoms with van der Waals surface area (Å²) in [5.74, 6) is -0.0330. The van der Waals surface area contributed by atoms with E-state index in [9.17, 15) is 4.79 Å². The molecule has 0 aromatic carbocycles. The van der Waals surface area contributed by atoms with E-state index in [-0.39, 0.29) is 11.3 Å². The molecule has 0 atom stereocenters. The highest BCUT2D eigenvalue weighted by Crippen LogP contribution is 2.21. The van der Waals surface area contributed by atoms with E-state index in [0.29, 0.717) is 18.8 Å². The van der Waals surface area contributed by atoms with Gasteiger partial charge in [-0.1, -0.05) is 29.8 Å². The van der Waals surface area contributed by atoms with Gasteiger partial charge >= 0.3 is 0 Å². The number of rotatable bonds is 7. The summed E-state index contributed by atoms with van der Waals surface area (Å²) in [6.45, 7) is 9.65. The molecule has 1 aromatic rings. The molecular formula is C14H24BrN3O. The fraction of sp³-hybridized carbons (Fsp3) is 0.714. The van der Waals surface area contributed by atoms with Crippen molar-refractivity contribution in [1.82, 2.24) is 15.1 Å². The van der Waals surface area contributed by atoms with E-state index >= 15 is 0 Å². The molecule has 1 heterocycles.